The van der Waals surface area contributed by atoms with E-state index in [9.17, 15) is 4.39 Å². The van der Waals surface area contributed by atoms with Crippen LogP contribution in [0.25, 0.3) is 55.7 Å². The molecule has 6 nitrogen and oxygen atoms in total. The number of imidazole rings is 1. The SMILES string of the molecule is Nc1cncc(-c2ccc3[nH]nc(-c4nc5c(-c6cccc(F)c6)cccc5[nH]4)c3c2)c1. The van der Waals surface area contributed by atoms with Crippen molar-refractivity contribution in [1.82, 2.24) is 25.1 Å². The molecule has 0 aliphatic rings. The minimum Gasteiger partial charge on any atom is -0.397 e. The third-order valence-electron chi connectivity index (χ3n) is 5.53. The fourth-order valence-electron chi connectivity index (χ4n) is 4.02. The van der Waals surface area contributed by atoms with Gasteiger partial charge in [-0.15, -0.1) is 0 Å². The monoisotopic (exact) mass is 420 g/mol. The number of para-hydroxylation sites is 1. The zero-order valence-electron chi connectivity index (χ0n) is 16.8. The maximum atomic E-state index is 13.8. The molecule has 0 radical (unpaired) electrons. The molecule has 32 heavy (non-hydrogen) atoms. The van der Waals surface area contributed by atoms with E-state index in [1.54, 1.807) is 18.5 Å². The average molecular weight is 420 g/mol. The summed E-state index contributed by atoms with van der Waals surface area (Å²) in [6, 6.07) is 20.3. The molecule has 0 aliphatic carbocycles. The van der Waals surface area contributed by atoms with Crippen LogP contribution in [0.2, 0.25) is 0 Å². The first-order valence-corrected chi connectivity index (χ1v) is 10.1. The molecule has 0 spiro atoms. The second-order valence-electron chi connectivity index (χ2n) is 7.64. The molecule has 3 heterocycles. The fraction of sp³-hybridized carbons (Fsp3) is 0. The molecule has 6 rings (SSSR count). The van der Waals surface area contributed by atoms with Gasteiger partial charge < -0.3 is 10.7 Å². The molecule has 0 fully saturated rings. The van der Waals surface area contributed by atoms with Crippen molar-refractivity contribution >= 4 is 27.6 Å². The van der Waals surface area contributed by atoms with Crippen molar-refractivity contribution < 1.29 is 4.39 Å². The number of pyridine rings is 1. The fourth-order valence-corrected chi connectivity index (χ4v) is 4.02. The van der Waals surface area contributed by atoms with E-state index in [4.69, 9.17) is 10.7 Å². The molecule has 0 saturated carbocycles. The maximum absolute atomic E-state index is 13.8. The van der Waals surface area contributed by atoms with Crippen molar-refractivity contribution in [2.24, 2.45) is 0 Å². The molecular weight excluding hydrogens is 403 g/mol. The lowest BCUT2D eigenvalue weighted by molar-refractivity contribution is 0.628. The first-order valence-electron chi connectivity index (χ1n) is 10.1. The maximum Gasteiger partial charge on any atom is 0.159 e. The molecule has 154 valence electrons. The Kier molecular flexibility index (Phi) is 4.01. The third-order valence-corrected chi connectivity index (χ3v) is 5.53. The van der Waals surface area contributed by atoms with Crippen LogP contribution in [0.5, 0.6) is 0 Å². The summed E-state index contributed by atoms with van der Waals surface area (Å²) in [5, 5.41) is 8.51. The summed E-state index contributed by atoms with van der Waals surface area (Å²) in [6.45, 7) is 0. The van der Waals surface area contributed by atoms with Gasteiger partial charge in [0, 0.05) is 28.9 Å². The molecular formula is C25H17FN6. The molecule has 4 N–H and O–H groups in total. The number of nitrogens with one attached hydrogen (secondary N) is 2. The highest BCUT2D eigenvalue weighted by molar-refractivity contribution is 5.98. The van der Waals surface area contributed by atoms with Gasteiger partial charge in [0.2, 0.25) is 0 Å². The number of aromatic amines is 2. The molecule has 3 aromatic heterocycles. The lowest BCUT2D eigenvalue weighted by Crippen LogP contribution is -1.88. The van der Waals surface area contributed by atoms with Gasteiger partial charge in [0.25, 0.3) is 0 Å². The van der Waals surface area contributed by atoms with E-state index in [1.807, 2.05) is 48.5 Å². The number of aromatic nitrogens is 5. The number of hydrogen-bond acceptors (Lipinski definition) is 4. The quantitative estimate of drug-likeness (QED) is 0.349. The largest absolute Gasteiger partial charge is 0.397 e. The smallest absolute Gasteiger partial charge is 0.159 e. The topological polar surface area (TPSA) is 96.3 Å². The van der Waals surface area contributed by atoms with E-state index in [-0.39, 0.29) is 5.82 Å². The highest BCUT2D eigenvalue weighted by Crippen LogP contribution is 2.33. The van der Waals surface area contributed by atoms with Crippen molar-refractivity contribution in [2.75, 3.05) is 5.73 Å². The van der Waals surface area contributed by atoms with Gasteiger partial charge in [-0.1, -0.05) is 30.3 Å². The number of nitrogens with two attached hydrogens (primary N) is 1. The lowest BCUT2D eigenvalue weighted by Gasteiger charge is -2.03. The summed E-state index contributed by atoms with van der Waals surface area (Å²) in [6.07, 6.45) is 3.40. The number of hydrogen-bond donors (Lipinski definition) is 3. The van der Waals surface area contributed by atoms with Crippen molar-refractivity contribution in [3.05, 3.63) is 84.9 Å². The van der Waals surface area contributed by atoms with Gasteiger partial charge in [-0.25, -0.2) is 9.37 Å². The van der Waals surface area contributed by atoms with Gasteiger partial charge in [-0.05, 0) is 47.5 Å². The van der Waals surface area contributed by atoms with Crippen molar-refractivity contribution in [3.8, 4) is 33.8 Å². The Balaban J connectivity index is 1.51. The molecule has 3 aromatic carbocycles. The molecule has 0 amide bonds. The molecule has 7 heteroatoms. The molecule has 6 aromatic rings. The predicted octanol–water partition coefficient (Wildman–Crippen LogP) is 5.56. The number of anilines is 1. The molecule has 0 aliphatic heterocycles. The van der Waals surface area contributed by atoms with Crippen LogP contribution in [0.15, 0.2) is 79.1 Å². The molecule has 0 bridgehead atoms. The molecule has 0 saturated heterocycles. The first kappa shape index (κ1) is 18.3. The van der Waals surface area contributed by atoms with E-state index < -0.39 is 0 Å². The number of fused-ring (bicyclic) bond motifs is 2. The van der Waals surface area contributed by atoms with E-state index >= 15 is 0 Å². The first-order chi connectivity index (χ1) is 15.7. The Morgan fingerprint density at radius 1 is 0.812 bits per heavy atom. The minimum atomic E-state index is -0.280. The lowest BCUT2D eigenvalue weighted by atomic mass is 10.0. The Hall–Kier alpha value is -4.52. The van der Waals surface area contributed by atoms with Gasteiger partial charge in [0.15, 0.2) is 5.82 Å². The second-order valence-corrected chi connectivity index (χ2v) is 7.64. The summed E-state index contributed by atoms with van der Waals surface area (Å²) in [7, 11) is 0. The number of H-pyrrole nitrogens is 2. The van der Waals surface area contributed by atoms with Gasteiger partial charge in [0.05, 0.1) is 22.2 Å². The number of rotatable bonds is 3. The van der Waals surface area contributed by atoms with Crippen LogP contribution in [0, 0.1) is 5.82 Å². The zero-order valence-corrected chi connectivity index (χ0v) is 16.8. The van der Waals surface area contributed by atoms with Gasteiger partial charge in [-0.2, -0.15) is 5.10 Å². The highest BCUT2D eigenvalue weighted by Gasteiger charge is 2.16. The van der Waals surface area contributed by atoms with Crippen LogP contribution in [-0.2, 0) is 0 Å². The Morgan fingerprint density at radius 2 is 1.72 bits per heavy atom. The van der Waals surface area contributed by atoms with E-state index in [1.165, 1.54) is 12.1 Å². The summed E-state index contributed by atoms with van der Waals surface area (Å²) in [4.78, 5) is 12.4. The molecule has 0 atom stereocenters. The normalized spacial score (nSPS) is 11.4. The second kappa shape index (κ2) is 7.02. The van der Waals surface area contributed by atoms with Crippen LogP contribution in [-0.4, -0.2) is 25.1 Å². The van der Waals surface area contributed by atoms with Gasteiger partial charge in [0.1, 0.15) is 11.5 Å². The number of halogens is 1. The van der Waals surface area contributed by atoms with Crippen molar-refractivity contribution in [1.29, 1.82) is 0 Å². The van der Waals surface area contributed by atoms with Crippen LogP contribution < -0.4 is 5.73 Å². The van der Waals surface area contributed by atoms with E-state index in [2.05, 4.69) is 20.2 Å². The van der Waals surface area contributed by atoms with Crippen LogP contribution in [0.4, 0.5) is 10.1 Å². The molecule has 0 unspecified atom stereocenters. The summed E-state index contributed by atoms with van der Waals surface area (Å²) in [5.41, 5.74) is 13.3. The van der Waals surface area contributed by atoms with E-state index in [0.717, 1.165) is 44.2 Å². The van der Waals surface area contributed by atoms with Crippen molar-refractivity contribution in [3.63, 3.8) is 0 Å². The average Bonchev–Trinajstić information content (AvgIpc) is 3.42. The van der Waals surface area contributed by atoms with Crippen LogP contribution in [0.3, 0.4) is 0 Å². The third kappa shape index (κ3) is 2.99. The van der Waals surface area contributed by atoms with Crippen molar-refractivity contribution in [2.45, 2.75) is 0 Å². The zero-order chi connectivity index (χ0) is 21.7. The predicted molar refractivity (Wildman–Crippen MR) is 124 cm³/mol. The standard InChI is InChI=1S/C25H17FN6/c26-17-4-1-3-15(9-17)19-5-2-6-22-23(19)30-25(29-22)24-20-11-14(7-8-21(20)31-32-24)16-10-18(27)13-28-12-16/h1-13H,27H2,(H,29,30)(H,31,32). The van der Waals surface area contributed by atoms with Crippen LogP contribution >= 0.6 is 0 Å². The summed E-state index contributed by atoms with van der Waals surface area (Å²) >= 11 is 0. The minimum absolute atomic E-state index is 0.280. The summed E-state index contributed by atoms with van der Waals surface area (Å²) < 4.78 is 13.8. The van der Waals surface area contributed by atoms with E-state index in [0.29, 0.717) is 17.2 Å². The van der Waals surface area contributed by atoms with Gasteiger partial charge >= 0.3 is 0 Å². The number of nitrogen functional groups attached to an aromatic ring is 1. The highest BCUT2D eigenvalue weighted by atomic mass is 19.1. The Morgan fingerprint density at radius 3 is 2.59 bits per heavy atom. The summed E-state index contributed by atoms with van der Waals surface area (Å²) in [5.74, 6) is 0.357. The Labute approximate surface area is 182 Å². The van der Waals surface area contributed by atoms with Crippen LogP contribution in [0.1, 0.15) is 0 Å². The number of nitrogens with zero attached hydrogens (tertiary/aromatic N) is 3. The Bertz CT molecular complexity index is 1610. The number of benzene rings is 3. The van der Waals surface area contributed by atoms with Gasteiger partial charge in [-0.3, -0.25) is 10.1 Å².